The molecule has 0 radical (unpaired) electrons. The molecule has 1 amide bonds. The molecule has 10 heteroatoms. The van der Waals surface area contributed by atoms with Gasteiger partial charge in [0.1, 0.15) is 0 Å². The number of carbonyl (C=O) groups excluding carboxylic acids is 1. The smallest absolute Gasteiger partial charge is 0.261 e. The number of aryl methyl sites for hydroxylation is 1. The molecule has 3 rings (SSSR count). The normalized spacial score (nSPS) is 11.5. The van der Waals surface area contributed by atoms with Gasteiger partial charge in [-0.3, -0.25) is 9.69 Å². The second-order valence-corrected chi connectivity index (χ2v) is 10.9. The summed E-state index contributed by atoms with van der Waals surface area (Å²) in [7, 11) is 0.378. The van der Waals surface area contributed by atoms with Crippen molar-refractivity contribution >= 4 is 66.4 Å². The van der Waals surface area contributed by atoms with Gasteiger partial charge in [-0.05, 0) is 63.8 Å². The molecule has 0 fully saturated rings. The number of carbonyl (C=O) groups is 1. The summed E-state index contributed by atoms with van der Waals surface area (Å²) >= 11 is 7.56. The van der Waals surface area contributed by atoms with E-state index < -0.39 is 9.84 Å². The molecule has 0 aliphatic rings. The molecule has 1 heterocycles. The van der Waals surface area contributed by atoms with Crippen LogP contribution in [0, 0.1) is 6.92 Å². The van der Waals surface area contributed by atoms with Gasteiger partial charge in [-0.2, -0.15) is 0 Å². The molecular formula is C21H25Cl2N3O3S2. The number of rotatable bonds is 7. The maximum absolute atomic E-state index is 13.5. The summed E-state index contributed by atoms with van der Waals surface area (Å²) in [5.41, 5.74) is 1.87. The Morgan fingerprint density at radius 3 is 2.48 bits per heavy atom. The first-order chi connectivity index (χ1) is 14.1. The predicted molar refractivity (Wildman–Crippen MR) is 131 cm³/mol. The minimum absolute atomic E-state index is 0. The van der Waals surface area contributed by atoms with E-state index in [1.807, 2.05) is 38.1 Å². The zero-order valence-corrected chi connectivity index (χ0v) is 21.0. The van der Waals surface area contributed by atoms with Crippen LogP contribution in [0.15, 0.2) is 41.3 Å². The van der Waals surface area contributed by atoms with E-state index in [1.54, 1.807) is 23.1 Å². The van der Waals surface area contributed by atoms with Crippen LogP contribution in [-0.2, 0) is 9.84 Å². The van der Waals surface area contributed by atoms with Crippen LogP contribution < -0.4 is 4.90 Å². The summed E-state index contributed by atoms with van der Waals surface area (Å²) in [6.45, 7) is 3.13. The Labute approximate surface area is 198 Å². The Bertz CT molecular complexity index is 1190. The van der Waals surface area contributed by atoms with E-state index in [2.05, 4.69) is 0 Å². The lowest BCUT2D eigenvalue weighted by atomic mass is 10.2. The zero-order valence-electron chi connectivity index (χ0n) is 17.8. The van der Waals surface area contributed by atoms with E-state index in [0.717, 1.165) is 35.0 Å². The standard InChI is InChI=1S/C21H24ClN3O3S2.ClH/c1-14-12-15(22)13-17-19(14)23-21(29-17)25(11-7-10-24(2)3)20(26)16-8-5-6-9-18(16)30(4,27)28;/h5-6,8-9,12-13H,7,10-11H2,1-4H3;1H. The van der Waals surface area contributed by atoms with Gasteiger partial charge in [0.05, 0.1) is 20.7 Å². The first-order valence-electron chi connectivity index (χ1n) is 9.40. The van der Waals surface area contributed by atoms with Crippen LogP contribution in [0.5, 0.6) is 0 Å². The number of hydrogen-bond donors (Lipinski definition) is 0. The van der Waals surface area contributed by atoms with Gasteiger partial charge in [-0.1, -0.05) is 35.1 Å². The van der Waals surface area contributed by atoms with Crippen molar-refractivity contribution in [1.82, 2.24) is 9.88 Å². The lowest BCUT2D eigenvalue weighted by Crippen LogP contribution is -2.34. The van der Waals surface area contributed by atoms with Gasteiger partial charge < -0.3 is 4.90 Å². The molecule has 0 unspecified atom stereocenters. The zero-order chi connectivity index (χ0) is 22.1. The van der Waals surface area contributed by atoms with Crippen LogP contribution in [0.3, 0.4) is 0 Å². The molecule has 6 nitrogen and oxygen atoms in total. The maximum atomic E-state index is 13.5. The van der Waals surface area contributed by atoms with Crippen molar-refractivity contribution in [2.45, 2.75) is 18.2 Å². The molecule has 0 bridgehead atoms. The van der Waals surface area contributed by atoms with Gasteiger partial charge >= 0.3 is 0 Å². The van der Waals surface area contributed by atoms with Gasteiger partial charge in [-0.15, -0.1) is 12.4 Å². The van der Waals surface area contributed by atoms with Crippen LogP contribution in [0.2, 0.25) is 5.02 Å². The Hall–Kier alpha value is -1.71. The molecule has 0 aliphatic carbocycles. The highest BCUT2D eigenvalue weighted by Crippen LogP contribution is 2.34. The maximum Gasteiger partial charge on any atom is 0.261 e. The second-order valence-electron chi connectivity index (χ2n) is 7.45. The van der Waals surface area contributed by atoms with Gasteiger partial charge in [-0.25, -0.2) is 13.4 Å². The Balaban J connectivity index is 0.00000341. The Kier molecular flexibility index (Phi) is 8.47. The van der Waals surface area contributed by atoms with Crippen molar-refractivity contribution in [3.8, 4) is 0 Å². The molecule has 168 valence electrons. The minimum Gasteiger partial charge on any atom is -0.309 e. The number of hydrogen-bond acceptors (Lipinski definition) is 6. The number of aromatic nitrogens is 1. The largest absolute Gasteiger partial charge is 0.309 e. The second kappa shape index (κ2) is 10.3. The van der Waals surface area contributed by atoms with E-state index >= 15 is 0 Å². The lowest BCUT2D eigenvalue weighted by molar-refractivity contribution is 0.0983. The highest BCUT2D eigenvalue weighted by molar-refractivity contribution is 7.90. The average Bonchev–Trinajstić information content (AvgIpc) is 3.08. The minimum atomic E-state index is -3.56. The monoisotopic (exact) mass is 501 g/mol. The van der Waals surface area contributed by atoms with E-state index in [9.17, 15) is 13.2 Å². The van der Waals surface area contributed by atoms with Gasteiger partial charge in [0.15, 0.2) is 15.0 Å². The molecule has 0 saturated heterocycles. The van der Waals surface area contributed by atoms with E-state index in [4.69, 9.17) is 16.6 Å². The lowest BCUT2D eigenvalue weighted by Gasteiger charge is -2.22. The first-order valence-corrected chi connectivity index (χ1v) is 12.5. The fourth-order valence-electron chi connectivity index (χ4n) is 3.20. The highest BCUT2D eigenvalue weighted by Gasteiger charge is 2.26. The van der Waals surface area contributed by atoms with Crippen molar-refractivity contribution in [2.24, 2.45) is 0 Å². The molecule has 0 N–H and O–H groups in total. The van der Waals surface area contributed by atoms with Crippen LogP contribution in [0.4, 0.5) is 5.13 Å². The number of nitrogens with zero attached hydrogens (tertiary/aromatic N) is 3. The van der Waals surface area contributed by atoms with Crippen LogP contribution in [0.25, 0.3) is 10.2 Å². The summed E-state index contributed by atoms with van der Waals surface area (Å²) in [6.07, 6.45) is 1.83. The Morgan fingerprint density at radius 2 is 1.84 bits per heavy atom. The fraction of sp³-hybridized carbons (Fsp3) is 0.333. The van der Waals surface area contributed by atoms with Crippen molar-refractivity contribution in [1.29, 1.82) is 0 Å². The molecule has 0 spiro atoms. The molecule has 0 saturated carbocycles. The van der Waals surface area contributed by atoms with Crippen LogP contribution >= 0.6 is 35.3 Å². The van der Waals surface area contributed by atoms with E-state index in [0.29, 0.717) is 16.7 Å². The number of sulfone groups is 1. The number of fused-ring (bicyclic) bond motifs is 1. The van der Waals surface area contributed by atoms with Crippen LogP contribution in [0.1, 0.15) is 22.3 Å². The van der Waals surface area contributed by atoms with Crippen LogP contribution in [-0.4, -0.2) is 57.6 Å². The highest BCUT2D eigenvalue weighted by atomic mass is 35.5. The van der Waals surface area contributed by atoms with E-state index in [1.165, 1.54) is 17.4 Å². The van der Waals surface area contributed by atoms with Gasteiger partial charge in [0.25, 0.3) is 5.91 Å². The average molecular weight is 502 g/mol. The Morgan fingerprint density at radius 1 is 1.16 bits per heavy atom. The summed E-state index contributed by atoms with van der Waals surface area (Å²) in [5.74, 6) is -0.377. The third kappa shape index (κ3) is 5.96. The third-order valence-electron chi connectivity index (χ3n) is 4.62. The number of amides is 1. The number of benzene rings is 2. The SMILES string of the molecule is Cc1cc(Cl)cc2sc(N(CCCN(C)C)C(=O)c3ccccc3S(C)(=O)=O)nc12.Cl. The first kappa shape index (κ1) is 25.5. The number of thiazole rings is 1. The molecule has 31 heavy (non-hydrogen) atoms. The summed E-state index contributed by atoms with van der Waals surface area (Å²) in [5, 5.41) is 1.14. The summed E-state index contributed by atoms with van der Waals surface area (Å²) in [6, 6.07) is 9.97. The topological polar surface area (TPSA) is 70.6 Å². The van der Waals surface area contributed by atoms with Gasteiger partial charge in [0.2, 0.25) is 0 Å². The molecule has 3 aromatic rings. The van der Waals surface area contributed by atoms with Crippen molar-refractivity contribution in [2.75, 3.05) is 38.3 Å². The number of halogens is 2. The van der Waals surface area contributed by atoms with E-state index in [-0.39, 0.29) is 28.8 Å². The third-order valence-corrected chi connectivity index (χ3v) is 7.02. The summed E-state index contributed by atoms with van der Waals surface area (Å²) in [4.78, 5) is 21.8. The molecule has 1 aromatic heterocycles. The quantitative estimate of drug-likeness (QED) is 0.469. The summed E-state index contributed by atoms with van der Waals surface area (Å²) < 4.78 is 25.4. The molecule has 0 aliphatic heterocycles. The predicted octanol–water partition coefficient (Wildman–Crippen LogP) is 4.68. The molecular weight excluding hydrogens is 477 g/mol. The van der Waals surface area contributed by atoms with Crippen molar-refractivity contribution in [3.63, 3.8) is 0 Å². The van der Waals surface area contributed by atoms with Gasteiger partial charge in [0, 0.05) is 17.8 Å². The van der Waals surface area contributed by atoms with Crippen molar-refractivity contribution in [3.05, 3.63) is 52.5 Å². The molecule has 0 atom stereocenters. The number of anilines is 1. The fourth-order valence-corrected chi connectivity index (χ4v) is 5.52. The molecule has 2 aromatic carbocycles. The van der Waals surface area contributed by atoms with Crippen molar-refractivity contribution < 1.29 is 13.2 Å².